The average molecular weight is 381 g/mol. The van der Waals surface area contributed by atoms with Gasteiger partial charge in [-0.25, -0.2) is 15.0 Å². The van der Waals surface area contributed by atoms with Crippen molar-refractivity contribution in [1.29, 1.82) is 5.41 Å². The average Bonchev–Trinajstić information content (AvgIpc) is 2.67. The van der Waals surface area contributed by atoms with Crippen LogP contribution in [0.4, 0.5) is 23.1 Å². The molecular formula is C19H27N9. The molecule has 28 heavy (non-hydrogen) atoms. The maximum absolute atomic E-state index is 8.69. The van der Waals surface area contributed by atoms with E-state index < -0.39 is 0 Å². The molecule has 4 rings (SSSR count). The molecule has 0 saturated carbocycles. The van der Waals surface area contributed by atoms with E-state index in [9.17, 15) is 0 Å². The Hall–Kier alpha value is -2.94. The number of nitrogens with zero attached hydrogens (tertiary/aromatic N) is 5. The first-order chi connectivity index (χ1) is 13.4. The number of nitrogens with two attached hydrogens (primary N) is 3. The monoisotopic (exact) mass is 381 g/mol. The number of nitrogens with one attached hydrogen (secondary N) is 1. The molecule has 9 heteroatoms. The van der Waals surface area contributed by atoms with Crippen molar-refractivity contribution >= 4 is 29.0 Å². The fourth-order valence-corrected chi connectivity index (χ4v) is 3.88. The molecule has 2 aromatic heterocycles. The fourth-order valence-electron chi connectivity index (χ4n) is 3.88. The Bertz CT molecular complexity index is 898. The molecular weight excluding hydrogens is 354 g/mol. The lowest BCUT2D eigenvalue weighted by atomic mass is 9.91. The fraction of sp³-hybridized carbons (Fsp3) is 0.474. The van der Waals surface area contributed by atoms with Crippen LogP contribution in [0, 0.1) is 5.41 Å². The number of nitrogen functional groups attached to an aromatic ring is 2. The summed E-state index contributed by atoms with van der Waals surface area (Å²) < 4.78 is 0. The van der Waals surface area contributed by atoms with Crippen molar-refractivity contribution in [3.8, 4) is 0 Å². The van der Waals surface area contributed by atoms with E-state index in [2.05, 4.69) is 26.8 Å². The van der Waals surface area contributed by atoms with Gasteiger partial charge in [-0.1, -0.05) is 0 Å². The number of pyridine rings is 1. The van der Waals surface area contributed by atoms with Gasteiger partial charge in [-0.3, -0.25) is 5.41 Å². The first kappa shape index (κ1) is 18.4. The lowest BCUT2D eigenvalue weighted by Gasteiger charge is -2.37. The third-order valence-corrected chi connectivity index (χ3v) is 5.67. The molecule has 9 nitrogen and oxygen atoms in total. The molecule has 0 aliphatic carbocycles. The van der Waals surface area contributed by atoms with E-state index in [1.807, 2.05) is 11.0 Å². The molecule has 0 radical (unpaired) electrons. The van der Waals surface area contributed by atoms with Gasteiger partial charge in [0.15, 0.2) is 11.7 Å². The molecule has 148 valence electrons. The topological polar surface area (TPSA) is 147 Å². The third-order valence-electron chi connectivity index (χ3n) is 5.67. The highest BCUT2D eigenvalue weighted by atomic mass is 15.2. The van der Waals surface area contributed by atoms with Gasteiger partial charge in [0.25, 0.3) is 0 Å². The van der Waals surface area contributed by atoms with Crippen LogP contribution in [0.5, 0.6) is 0 Å². The summed E-state index contributed by atoms with van der Waals surface area (Å²) in [6, 6.07) is 1.88. The summed E-state index contributed by atoms with van der Waals surface area (Å²) in [5.41, 5.74) is 20.6. The van der Waals surface area contributed by atoms with Crippen LogP contribution in [0.1, 0.15) is 37.4 Å². The maximum atomic E-state index is 8.69. The van der Waals surface area contributed by atoms with Crippen molar-refractivity contribution in [2.24, 2.45) is 5.73 Å². The number of piperidine rings is 1. The second-order valence-electron chi connectivity index (χ2n) is 7.90. The van der Waals surface area contributed by atoms with Gasteiger partial charge in [0.1, 0.15) is 17.3 Å². The van der Waals surface area contributed by atoms with E-state index in [0.29, 0.717) is 18.1 Å². The van der Waals surface area contributed by atoms with Crippen LogP contribution in [0.2, 0.25) is 0 Å². The Morgan fingerprint density at radius 3 is 2.61 bits per heavy atom. The van der Waals surface area contributed by atoms with E-state index >= 15 is 0 Å². The Kier molecular flexibility index (Phi) is 4.54. The van der Waals surface area contributed by atoms with E-state index in [1.54, 1.807) is 12.4 Å². The Morgan fingerprint density at radius 2 is 1.89 bits per heavy atom. The summed E-state index contributed by atoms with van der Waals surface area (Å²) >= 11 is 0. The SMILES string of the molecule is CC1(N)CCN(c2cnc(C(=N)N3CCCc4c3ccnc4N)c(N)n2)CC1. The van der Waals surface area contributed by atoms with Crippen LogP contribution in [0.15, 0.2) is 18.5 Å². The smallest absolute Gasteiger partial charge is 0.155 e. The number of hydrogen-bond donors (Lipinski definition) is 4. The minimum atomic E-state index is -0.129. The summed E-state index contributed by atoms with van der Waals surface area (Å²) in [7, 11) is 0. The van der Waals surface area contributed by atoms with Crippen LogP contribution in [0.25, 0.3) is 0 Å². The zero-order valence-corrected chi connectivity index (χ0v) is 16.1. The van der Waals surface area contributed by atoms with Gasteiger partial charge in [-0.15, -0.1) is 0 Å². The molecule has 0 atom stereocenters. The van der Waals surface area contributed by atoms with E-state index in [1.165, 1.54) is 0 Å². The highest BCUT2D eigenvalue weighted by Gasteiger charge is 2.28. The molecule has 1 fully saturated rings. The largest absolute Gasteiger partial charge is 0.383 e. The Balaban J connectivity index is 1.58. The number of amidine groups is 1. The summed E-state index contributed by atoms with van der Waals surface area (Å²) in [4.78, 5) is 17.2. The quantitative estimate of drug-likeness (QED) is 0.447. The van der Waals surface area contributed by atoms with Crippen molar-refractivity contribution in [2.75, 3.05) is 40.9 Å². The molecule has 4 heterocycles. The molecule has 0 amide bonds. The van der Waals surface area contributed by atoms with Gasteiger partial charge in [-0.05, 0) is 38.7 Å². The van der Waals surface area contributed by atoms with Crippen LogP contribution in [-0.4, -0.2) is 46.0 Å². The van der Waals surface area contributed by atoms with Gasteiger partial charge in [0.2, 0.25) is 0 Å². The molecule has 0 bridgehead atoms. The Morgan fingerprint density at radius 1 is 1.14 bits per heavy atom. The lowest BCUT2D eigenvalue weighted by molar-refractivity contribution is 0.363. The minimum Gasteiger partial charge on any atom is -0.383 e. The highest BCUT2D eigenvalue weighted by Crippen LogP contribution is 2.31. The number of aromatic nitrogens is 3. The summed E-state index contributed by atoms with van der Waals surface area (Å²) in [5.74, 6) is 1.74. The summed E-state index contributed by atoms with van der Waals surface area (Å²) in [6.45, 7) is 4.43. The normalized spacial score (nSPS) is 18.6. The van der Waals surface area contributed by atoms with Gasteiger partial charge in [0.05, 0.1) is 11.9 Å². The zero-order chi connectivity index (χ0) is 19.9. The van der Waals surface area contributed by atoms with Crippen molar-refractivity contribution in [3.63, 3.8) is 0 Å². The first-order valence-electron chi connectivity index (χ1n) is 9.62. The standard InChI is InChI=1S/C19H27N9/c1-19(23)5-9-27(10-6-19)14-11-25-15(17(21)26-14)18(22)28-8-2-3-12-13(28)4-7-24-16(12)20/h4,7,11,22H,2-3,5-6,8-10,23H2,1H3,(H2,20,24)(H2,21,26). The molecule has 0 spiro atoms. The highest BCUT2D eigenvalue weighted by molar-refractivity contribution is 6.10. The van der Waals surface area contributed by atoms with Crippen molar-refractivity contribution in [1.82, 2.24) is 15.0 Å². The van der Waals surface area contributed by atoms with Crippen LogP contribution < -0.4 is 27.0 Å². The number of hydrogen-bond acceptors (Lipinski definition) is 8. The number of fused-ring (bicyclic) bond motifs is 1. The van der Waals surface area contributed by atoms with Crippen molar-refractivity contribution < 1.29 is 0 Å². The summed E-state index contributed by atoms with van der Waals surface area (Å²) in [5, 5.41) is 8.69. The predicted molar refractivity (Wildman–Crippen MR) is 112 cm³/mol. The summed E-state index contributed by atoms with van der Waals surface area (Å²) in [6.07, 6.45) is 6.90. The Labute approximate surface area is 164 Å². The van der Waals surface area contributed by atoms with E-state index in [0.717, 1.165) is 55.8 Å². The van der Waals surface area contributed by atoms with Crippen LogP contribution in [-0.2, 0) is 6.42 Å². The van der Waals surface area contributed by atoms with Crippen LogP contribution >= 0.6 is 0 Å². The zero-order valence-electron chi connectivity index (χ0n) is 16.1. The van der Waals surface area contributed by atoms with E-state index in [4.69, 9.17) is 22.6 Å². The van der Waals surface area contributed by atoms with Gasteiger partial charge in [0, 0.05) is 36.9 Å². The molecule has 0 unspecified atom stereocenters. The molecule has 2 aromatic rings. The van der Waals surface area contributed by atoms with Gasteiger partial charge < -0.3 is 27.0 Å². The second-order valence-corrected chi connectivity index (χ2v) is 7.90. The molecule has 2 aliphatic rings. The first-order valence-corrected chi connectivity index (χ1v) is 9.62. The molecule has 0 aromatic carbocycles. The van der Waals surface area contributed by atoms with E-state index in [-0.39, 0.29) is 17.2 Å². The molecule has 2 aliphatic heterocycles. The van der Waals surface area contributed by atoms with Crippen molar-refractivity contribution in [2.45, 2.75) is 38.1 Å². The third kappa shape index (κ3) is 3.33. The molecule has 1 saturated heterocycles. The van der Waals surface area contributed by atoms with Gasteiger partial charge in [-0.2, -0.15) is 0 Å². The van der Waals surface area contributed by atoms with Gasteiger partial charge >= 0.3 is 0 Å². The number of anilines is 4. The molecule has 7 N–H and O–H groups in total. The van der Waals surface area contributed by atoms with Crippen molar-refractivity contribution in [3.05, 3.63) is 29.7 Å². The number of rotatable bonds is 2. The van der Waals surface area contributed by atoms with Crippen LogP contribution in [0.3, 0.4) is 0 Å². The second kappa shape index (κ2) is 6.90. The predicted octanol–water partition coefficient (Wildman–Crippen LogP) is 1.13. The lowest BCUT2D eigenvalue weighted by Crippen LogP contribution is -2.48. The minimum absolute atomic E-state index is 0.129. The maximum Gasteiger partial charge on any atom is 0.155 e.